The van der Waals surface area contributed by atoms with Crippen molar-refractivity contribution in [3.63, 3.8) is 0 Å². The number of rotatable bonds is 3. The Labute approximate surface area is 164 Å². The number of carbonyl (C=O) groups is 1. The van der Waals surface area contributed by atoms with Crippen molar-refractivity contribution in [2.75, 3.05) is 6.54 Å². The number of halogens is 1. The van der Waals surface area contributed by atoms with E-state index < -0.39 is 0 Å². The summed E-state index contributed by atoms with van der Waals surface area (Å²) in [6.07, 6.45) is 0.747. The summed E-state index contributed by atoms with van der Waals surface area (Å²) in [7, 11) is 0. The topological polar surface area (TPSA) is 38.1 Å². The van der Waals surface area contributed by atoms with E-state index in [0.29, 0.717) is 18.7 Å². The predicted molar refractivity (Wildman–Crippen MR) is 107 cm³/mol. The molecule has 2 heterocycles. The Hall–Kier alpha value is -2.95. The number of aryl methyl sites for hydroxylation is 2. The summed E-state index contributed by atoms with van der Waals surface area (Å²) < 4.78 is 15.6. The molecule has 0 saturated carbocycles. The fraction of sp³-hybridized carbons (Fsp3) is 0.304. The minimum absolute atomic E-state index is 0.0161. The van der Waals surface area contributed by atoms with E-state index in [-0.39, 0.29) is 17.8 Å². The largest absolute Gasteiger partial charge is 0.332 e. The monoisotopic (exact) mass is 377 g/mol. The summed E-state index contributed by atoms with van der Waals surface area (Å²) in [4.78, 5) is 15.0. The Kier molecular flexibility index (Phi) is 4.75. The van der Waals surface area contributed by atoms with Gasteiger partial charge in [0.15, 0.2) is 0 Å². The predicted octanol–water partition coefficient (Wildman–Crippen LogP) is 4.45. The number of hydrogen-bond acceptors (Lipinski definition) is 2. The quantitative estimate of drug-likeness (QED) is 0.676. The van der Waals surface area contributed by atoms with Gasteiger partial charge < -0.3 is 4.90 Å². The number of carbonyl (C=O) groups excluding carboxylic acids is 1. The minimum Gasteiger partial charge on any atom is -0.332 e. The van der Waals surface area contributed by atoms with E-state index in [1.807, 2.05) is 66.8 Å². The summed E-state index contributed by atoms with van der Waals surface area (Å²) in [5, 5.41) is 4.50. The van der Waals surface area contributed by atoms with E-state index in [0.717, 1.165) is 34.5 Å². The zero-order valence-electron chi connectivity index (χ0n) is 16.4. The first-order valence-electron chi connectivity index (χ1n) is 9.61. The highest BCUT2D eigenvalue weighted by Gasteiger charge is 2.28. The van der Waals surface area contributed by atoms with Gasteiger partial charge in [-0.15, -0.1) is 0 Å². The van der Waals surface area contributed by atoms with Gasteiger partial charge in [0, 0.05) is 17.8 Å². The van der Waals surface area contributed by atoms with Crippen molar-refractivity contribution in [1.82, 2.24) is 14.7 Å². The van der Waals surface area contributed by atoms with Crippen molar-refractivity contribution in [2.45, 2.75) is 39.8 Å². The molecule has 1 atom stereocenters. The third-order valence-electron chi connectivity index (χ3n) is 5.52. The van der Waals surface area contributed by atoms with Crippen molar-refractivity contribution in [1.29, 1.82) is 0 Å². The van der Waals surface area contributed by atoms with Gasteiger partial charge in [-0.25, -0.2) is 4.39 Å². The molecule has 5 heteroatoms. The first kappa shape index (κ1) is 18.4. The normalized spacial score (nSPS) is 16.1. The fourth-order valence-corrected chi connectivity index (χ4v) is 4.04. The lowest BCUT2D eigenvalue weighted by atomic mass is 9.92. The van der Waals surface area contributed by atoms with E-state index in [2.05, 4.69) is 5.10 Å². The Morgan fingerprint density at radius 3 is 2.75 bits per heavy atom. The molecule has 0 fully saturated rings. The molecule has 1 unspecified atom stereocenters. The first-order chi connectivity index (χ1) is 13.4. The van der Waals surface area contributed by atoms with Crippen LogP contribution in [-0.2, 0) is 13.0 Å². The van der Waals surface area contributed by atoms with Crippen LogP contribution < -0.4 is 0 Å². The molecule has 28 heavy (non-hydrogen) atoms. The van der Waals surface area contributed by atoms with Crippen molar-refractivity contribution >= 4 is 5.91 Å². The maximum atomic E-state index is 13.7. The van der Waals surface area contributed by atoms with Crippen LogP contribution in [0.5, 0.6) is 0 Å². The minimum atomic E-state index is -0.258. The fourth-order valence-electron chi connectivity index (χ4n) is 4.04. The second-order valence-corrected chi connectivity index (χ2v) is 7.55. The van der Waals surface area contributed by atoms with Gasteiger partial charge in [0.05, 0.1) is 18.3 Å². The molecule has 0 spiro atoms. The second-order valence-electron chi connectivity index (χ2n) is 7.55. The van der Waals surface area contributed by atoms with Crippen LogP contribution in [0.4, 0.5) is 4.39 Å². The molecule has 4 nitrogen and oxygen atoms in total. The van der Waals surface area contributed by atoms with Crippen LogP contribution in [-0.4, -0.2) is 27.1 Å². The van der Waals surface area contributed by atoms with E-state index in [4.69, 9.17) is 0 Å². The molecule has 0 N–H and O–H groups in total. The number of fused-ring (bicyclic) bond motifs is 1. The number of benzene rings is 2. The average Bonchev–Trinajstić information content (AvgIpc) is 2.99. The molecule has 2 aromatic carbocycles. The van der Waals surface area contributed by atoms with Crippen molar-refractivity contribution < 1.29 is 9.18 Å². The van der Waals surface area contributed by atoms with Crippen LogP contribution >= 0.6 is 0 Å². The molecule has 1 amide bonds. The lowest BCUT2D eigenvalue weighted by Crippen LogP contribution is -2.39. The van der Waals surface area contributed by atoms with Crippen molar-refractivity contribution in [3.8, 4) is 0 Å². The molecule has 3 aromatic rings. The molecule has 4 rings (SSSR count). The Balaban J connectivity index is 1.58. The first-order valence-corrected chi connectivity index (χ1v) is 9.61. The smallest absolute Gasteiger partial charge is 0.254 e. The van der Waals surface area contributed by atoms with E-state index >= 15 is 0 Å². The van der Waals surface area contributed by atoms with Gasteiger partial charge in [-0.1, -0.05) is 18.2 Å². The summed E-state index contributed by atoms with van der Waals surface area (Å²) in [6, 6.07) is 14.5. The van der Waals surface area contributed by atoms with Crippen LogP contribution in [0.1, 0.15) is 51.4 Å². The molecule has 0 bridgehead atoms. The molecule has 1 aliphatic rings. The van der Waals surface area contributed by atoms with E-state index in [9.17, 15) is 9.18 Å². The van der Waals surface area contributed by atoms with Gasteiger partial charge in [0.1, 0.15) is 5.82 Å². The third kappa shape index (κ3) is 3.44. The van der Waals surface area contributed by atoms with Crippen molar-refractivity contribution in [2.24, 2.45) is 0 Å². The van der Waals surface area contributed by atoms with Gasteiger partial charge in [-0.05, 0) is 74.2 Å². The summed E-state index contributed by atoms with van der Waals surface area (Å²) in [5.74, 6) is -0.274. The van der Waals surface area contributed by atoms with Gasteiger partial charge in [0.25, 0.3) is 5.91 Å². The lowest BCUT2D eigenvalue weighted by Gasteiger charge is -2.35. The number of nitrogens with zero attached hydrogens (tertiary/aromatic N) is 3. The maximum absolute atomic E-state index is 13.7. The molecule has 1 aliphatic heterocycles. The van der Waals surface area contributed by atoms with Crippen LogP contribution in [0.3, 0.4) is 0 Å². The van der Waals surface area contributed by atoms with E-state index in [1.165, 1.54) is 6.07 Å². The Morgan fingerprint density at radius 1 is 1.18 bits per heavy atom. The maximum Gasteiger partial charge on any atom is 0.254 e. The average molecular weight is 377 g/mol. The number of hydrogen-bond donors (Lipinski definition) is 0. The molecule has 144 valence electrons. The number of amides is 1. The summed E-state index contributed by atoms with van der Waals surface area (Å²) in [5.41, 5.74) is 5.80. The lowest BCUT2D eigenvalue weighted by molar-refractivity contribution is 0.0677. The van der Waals surface area contributed by atoms with Gasteiger partial charge in [-0.3, -0.25) is 9.48 Å². The van der Waals surface area contributed by atoms with Gasteiger partial charge in [-0.2, -0.15) is 5.10 Å². The van der Waals surface area contributed by atoms with Crippen LogP contribution in [0.25, 0.3) is 0 Å². The highest BCUT2D eigenvalue weighted by atomic mass is 19.1. The second kappa shape index (κ2) is 7.23. The molecule has 1 aromatic heterocycles. The SMILES string of the molecule is Cc1cc(C)n(Cc2cccc(C(=O)N3CCc4ccc(F)cc4C3C)c2)n1. The zero-order chi connectivity index (χ0) is 19.8. The highest BCUT2D eigenvalue weighted by Crippen LogP contribution is 2.31. The molecular weight excluding hydrogens is 353 g/mol. The Morgan fingerprint density at radius 2 is 2.00 bits per heavy atom. The zero-order valence-corrected chi connectivity index (χ0v) is 16.4. The summed E-state index contributed by atoms with van der Waals surface area (Å²) in [6.45, 7) is 7.24. The molecule has 0 aliphatic carbocycles. The van der Waals surface area contributed by atoms with Crippen LogP contribution in [0.2, 0.25) is 0 Å². The van der Waals surface area contributed by atoms with E-state index in [1.54, 1.807) is 6.07 Å². The molecule has 0 saturated heterocycles. The van der Waals surface area contributed by atoms with Gasteiger partial charge in [0.2, 0.25) is 0 Å². The standard InChI is InChI=1S/C23H24FN3O/c1-15-11-16(2)27(25-15)14-18-5-4-6-20(12-18)23(28)26-10-9-19-7-8-21(24)13-22(19)17(26)3/h4-8,11-13,17H,9-10,14H2,1-3H3. The Bertz CT molecular complexity index is 1040. The highest BCUT2D eigenvalue weighted by molar-refractivity contribution is 5.94. The summed E-state index contributed by atoms with van der Waals surface area (Å²) >= 11 is 0. The number of aromatic nitrogens is 2. The van der Waals surface area contributed by atoms with Crippen LogP contribution in [0.15, 0.2) is 48.5 Å². The molecular formula is C23H24FN3O. The third-order valence-corrected chi connectivity index (χ3v) is 5.52. The van der Waals surface area contributed by atoms with Crippen molar-refractivity contribution in [3.05, 3.63) is 88.0 Å². The molecule has 0 radical (unpaired) electrons. The van der Waals surface area contributed by atoms with Crippen LogP contribution in [0, 0.1) is 19.7 Å². The van der Waals surface area contributed by atoms with Gasteiger partial charge >= 0.3 is 0 Å².